The smallest absolute Gasteiger partial charge is 0.0900 e. The molecule has 0 amide bonds. The molecule has 0 radical (unpaired) electrons. The van der Waals surface area contributed by atoms with Crippen LogP contribution in [-0.4, -0.2) is 4.98 Å². The second-order valence-corrected chi connectivity index (χ2v) is 3.99. The molecule has 0 saturated heterocycles. The number of hydrogen-bond acceptors (Lipinski definition) is 2. The van der Waals surface area contributed by atoms with Crippen LogP contribution in [0.25, 0.3) is 0 Å². The summed E-state index contributed by atoms with van der Waals surface area (Å²) in [6.45, 7) is 6.49. The quantitative estimate of drug-likeness (QED) is 0.678. The highest BCUT2D eigenvalue weighted by molar-refractivity contribution is 7.11. The molecule has 11 heavy (non-hydrogen) atoms. The van der Waals surface area contributed by atoms with Gasteiger partial charge in [0.05, 0.1) is 10.7 Å². The standard InChI is InChI=1S/C9H15NS/c1-4-6-8-9(5-2)11-7(3)10-8/h4-6H2,1-3H3. The van der Waals surface area contributed by atoms with Gasteiger partial charge in [-0.05, 0) is 19.8 Å². The van der Waals surface area contributed by atoms with E-state index in [0.717, 1.165) is 12.8 Å². The van der Waals surface area contributed by atoms with Crippen molar-refractivity contribution in [1.82, 2.24) is 4.98 Å². The Morgan fingerprint density at radius 1 is 1.36 bits per heavy atom. The van der Waals surface area contributed by atoms with E-state index in [1.165, 1.54) is 22.0 Å². The Bertz CT molecular complexity index is 227. The molecular formula is C9H15NS. The van der Waals surface area contributed by atoms with Crippen molar-refractivity contribution in [3.05, 3.63) is 15.6 Å². The van der Waals surface area contributed by atoms with Crippen molar-refractivity contribution in [2.75, 3.05) is 0 Å². The summed E-state index contributed by atoms with van der Waals surface area (Å²) in [5.74, 6) is 0. The average Bonchev–Trinajstić information content (AvgIpc) is 2.32. The van der Waals surface area contributed by atoms with Crippen LogP contribution in [0.5, 0.6) is 0 Å². The molecule has 0 saturated carbocycles. The minimum atomic E-state index is 1.14. The molecule has 0 fully saturated rings. The topological polar surface area (TPSA) is 12.9 Å². The first-order chi connectivity index (χ1) is 5.27. The van der Waals surface area contributed by atoms with E-state index in [4.69, 9.17) is 0 Å². The molecule has 1 aromatic heterocycles. The number of aryl methyl sites for hydroxylation is 3. The highest BCUT2D eigenvalue weighted by Crippen LogP contribution is 2.19. The molecule has 1 aromatic rings. The van der Waals surface area contributed by atoms with Gasteiger partial charge < -0.3 is 0 Å². The maximum atomic E-state index is 4.49. The van der Waals surface area contributed by atoms with E-state index in [1.807, 2.05) is 11.3 Å². The molecule has 2 heteroatoms. The summed E-state index contributed by atoms with van der Waals surface area (Å²) in [6, 6.07) is 0. The van der Waals surface area contributed by atoms with Crippen molar-refractivity contribution >= 4 is 11.3 Å². The molecule has 0 N–H and O–H groups in total. The lowest BCUT2D eigenvalue weighted by Gasteiger charge is -1.94. The van der Waals surface area contributed by atoms with Gasteiger partial charge in [-0.2, -0.15) is 0 Å². The van der Waals surface area contributed by atoms with Crippen LogP contribution in [0.1, 0.15) is 35.8 Å². The molecule has 1 nitrogen and oxygen atoms in total. The minimum absolute atomic E-state index is 1.14. The van der Waals surface area contributed by atoms with Gasteiger partial charge in [0, 0.05) is 4.88 Å². The number of hydrogen-bond donors (Lipinski definition) is 0. The normalized spacial score (nSPS) is 10.5. The van der Waals surface area contributed by atoms with Gasteiger partial charge in [0.1, 0.15) is 0 Å². The third-order valence-electron chi connectivity index (χ3n) is 1.69. The predicted octanol–water partition coefficient (Wildman–Crippen LogP) is 2.97. The summed E-state index contributed by atoms with van der Waals surface area (Å²) >= 11 is 1.84. The van der Waals surface area contributed by atoms with Crippen LogP contribution in [0, 0.1) is 6.92 Å². The summed E-state index contributed by atoms with van der Waals surface area (Å²) in [7, 11) is 0. The van der Waals surface area contributed by atoms with Gasteiger partial charge in [-0.25, -0.2) is 4.98 Å². The van der Waals surface area contributed by atoms with Gasteiger partial charge in [0.25, 0.3) is 0 Å². The third-order valence-corrected chi connectivity index (χ3v) is 2.85. The molecule has 0 aliphatic heterocycles. The first-order valence-corrected chi connectivity index (χ1v) is 5.04. The van der Waals surface area contributed by atoms with Crippen molar-refractivity contribution in [3.8, 4) is 0 Å². The van der Waals surface area contributed by atoms with Crippen molar-refractivity contribution < 1.29 is 0 Å². The van der Waals surface area contributed by atoms with Crippen molar-refractivity contribution in [2.24, 2.45) is 0 Å². The maximum Gasteiger partial charge on any atom is 0.0900 e. The van der Waals surface area contributed by atoms with E-state index in [1.54, 1.807) is 0 Å². The fraction of sp³-hybridized carbons (Fsp3) is 0.667. The van der Waals surface area contributed by atoms with Crippen LogP contribution in [0.3, 0.4) is 0 Å². The number of rotatable bonds is 3. The lowest BCUT2D eigenvalue weighted by molar-refractivity contribution is 0.871. The number of nitrogens with zero attached hydrogens (tertiary/aromatic N) is 1. The first kappa shape index (κ1) is 8.72. The number of aromatic nitrogens is 1. The highest BCUT2D eigenvalue weighted by atomic mass is 32.1. The van der Waals surface area contributed by atoms with E-state index in [-0.39, 0.29) is 0 Å². The van der Waals surface area contributed by atoms with E-state index in [9.17, 15) is 0 Å². The fourth-order valence-electron chi connectivity index (χ4n) is 1.22. The molecule has 62 valence electrons. The third kappa shape index (κ3) is 2.03. The number of thiazole rings is 1. The second-order valence-electron chi connectivity index (χ2n) is 2.71. The summed E-state index contributed by atoms with van der Waals surface area (Å²) < 4.78 is 0. The van der Waals surface area contributed by atoms with Crippen LogP contribution in [0.4, 0.5) is 0 Å². The van der Waals surface area contributed by atoms with Gasteiger partial charge >= 0.3 is 0 Å². The lowest BCUT2D eigenvalue weighted by atomic mass is 10.2. The summed E-state index contributed by atoms with van der Waals surface area (Å²) in [5, 5.41) is 1.21. The Balaban J connectivity index is 2.83. The van der Waals surface area contributed by atoms with Gasteiger partial charge in [-0.3, -0.25) is 0 Å². The molecule has 0 aromatic carbocycles. The Morgan fingerprint density at radius 2 is 2.09 bits per heavy atom. The van der Waals surface area contributed by atoms with Gasteiger partial charge in [-0.1, -0.05) is 20.3 Å². The highest BCUT2D eigenvalue weighted by Gasteiger charge is 2.04. The van der Waals surface area contributed by atoms with E-state index in [0.29, 0.717) is 0 Å². The summed E-state index contributed by atoms with van der Waals surface area (Å²) in [4.78, 5) is 5.97. The fourth-order valence-corrected chi connectivity index (χ4v) is 2.14. The minimum Gasteiger partial charge on any atom is -0.246 e. The molecule has 1 rings (SSSR count). The van der Waals surface area contributed by atoms with Crippen LogP contribution < -0.4 is 0 Å². The predicted molar refractivity (Wildman–Crippen MR) is 50.2 cm³/mol. The molecule has 0 unspecified atom stereocenters. The molecule has 1 heterocycles. The first-order valence-electron chi connectivity index (χ1n) is 4.23. The Morgan fingerprint density at radius 3 is 2.64 bits per heavy atom. The maximum absolute atomic E-state index is 4.49. The van der Waals surface area contributed by atoms with Crippen LogP contribution >= 0.6 is 11.3 Å². The van der Waals surface area contributed by atoms with Crippen molar-refractivity contribution in [1.29, 1.82) is 0 Å². The second kappa shape index (κ2) is 3.86. The SMILES string of the molecule is CCCc1nc(C)sc1CC. The van der Waals surface area contributed by atoms with E-state index < -0.39 is 0 Å². The molecule has 0 aliphatic rings. The lowest BCUT2D eigenvalue weighted by Crippen LogP contribution is -1.88. The van der Waals surface area contributed by atoms with Crippen LogP contribution in [0.15, 0.2) is 0 Å². The van der Waals surface area contributed by atoms with E-state index in [2.05, 4.69) is 25.8 Å². The molecule has 0 aliphatic carbocycles. The zero-order chi connectivity index (χ0) is 8.27. The Labute approximate surface area is 72.5 Å². The zero-order valence-corrected chi connectivity index (χ0v) is 8.29. The van der Waals surface area contributed by atoms with Gasteiger partial charge in [0.2, 0.25) is 0 Å². The summed E-state index contributed by atoms with van der Waals surface area (Å²) in [6.07, 6.45) is 3.49. The largest absolute Gasteiger partial charge is 0.246 e. The van der Waals surface area contributed by atoms with E-state index >= 15 is 0 Å². The Kier molecular flexibility index (Phi) is 3.06. The molecule has 0 atom stereocenters. The zero-order valence-electron chi connectivity index (χ0n) is 7.48. The molecular weight excluding hydrogens is 154 g/mol. The van der Waals surface area contributed by atoms with Crippen molar-refractivity contribution in [3.63, 3.8) is 0 Å². The molecule has 0 bridgehead atoms. The Hall–Kier alpha value is -0.370. The summed E-state index contributed by atoms with van der Waals surface area (Å²) in [5.41, 5.74) is 1.33. The van der Waals surface area contributed by atoms with Crippen LogP contribution in [0.2, 0.25) is 0 Å². The average molecular weight is 169 g/mol. The van der Waals surface area contributed by atoms with Crippen molar-refractivity contribution in [2.45, 2.75) is 40.0 Å². The van der Waals surface area contributed by atoms with Gasteiger partial charge in [0.15, 0.2) is 0 Å². The molecule has 0 spiro atoms. The van der Waals surface area contributed by atoms with Gasteiger partial charge in [-0.15, -0.1) is 11.3 Å². The van der Waals surface area contributed by atoms with Crippen LogP contribution in [-0.2, 0) is 12.8 Å². The monoisotopic (exact) mass is 169 g/mol.